The maximum atomic E-state index is 15.1. The second-order valence-corrected chi connectivity index (χ2v) is 19.3. The van der Waals surface area contributed by atoms with Crippen LogP contribution in [0.1, 0.15) is 105 Å². The number of fused-ring (bicyclic) bond motifs is 2. The van der Waals surface area contributed by atoms with Crippen LogP contribution in [-0.2, 0) is 9.53 Å². The first-order valence-corrected chi connectivity index (χ1v) is 21.4. The number of ether oxygens (including phenoxy) is 1. The molecule has 4 fully saturated rings. The highest BCUT2D eigenvalue weighted by molar-refractivity contribution is 6.00. The van der Waals surface area contributed by atoms with Crippen LogP contribution in [0.4, 0.5) is 0 Å². The molecule has 1 unspecified atom stereocenters. The number of nitrogens with two attached hydrogens (primary N) is 1. The second kappa shape index (κ2) is 15.3. The van der Waals surface area contributed by atoms with Crippen LogP contribution in [0.3, 0.4) is 0 Å². The molecule has 0 aromatic rings. The van der Waals surface area contributed by atoms with Crippen LogP contribution in [0.15, 0.2) is 47.3 Å². The quantitative estimate of drug-likeness (QED) is 0.104. The molecule has 11 nitrogen and oxygen atoms in total. The number of hydrogen-bond donors (Lipinski definition) is 9. The summed E-state index contributed by atoms with van der Waals surface area (Å²) in [5, 5.41) is 77.9. The van der Waals surface area contributed by atoms with Gasteiger partial charge in [0.25, 0.3) is 0 Å². The van der Waals surface area contributed by atoms with E-state index in [9.17, 15) is 30.6 Å². The van der Waals surface area contributed by atoms with Gasteiger partial charge in [-0.3, -0.25) is 4.79 Å². The van der Waals surface area contributed by atoms with Gasteiger partial charge >= 0.3 is 0 Å². The van der Waals surface area contributed by atoms with E-state index in [1.54, 1.807) is 13.8 Å². The topological polar surface area (TPSA) is 198 Å². The summed E-state index contributed by atoms with van der Waals surface area (Å²) < 4.78 is 6.30. The van der Waals surface area contributed by atoms with Crippen LogP contribution in [0, 0.1) is 52.3 Å². The summed E-state index contributed by atoms with van der Waals surface area (Å²) in [6.07, 6.45) is 13.0. The van der Waals surface area contributed by atoms with E-state index in [0.29, 0.717) is 43.1 Å². The van der Waals surface area contributed by atoms with Crippen molar-refractivity contribution in [3.63, 3.8) is 0 Å². The van der Waals surface area contributed by atoms with Crippen LogP contribution in [0.5, 0.6) is 0 Å². The Labute approximate surface area is 327 Å². The lowest BCUT2D eigenvalue weighted by atomic mass is 9.41. The molecular formula is C44H69N3O8. The highest BCUT2D eigenvalue weighted by atomic mass is 16.5. The number of unbranched alkanes of at least 4 members (excludes halogenated alkanes) is 3. The third kappa shape index (κ3) is 6.70. The first kappa shape index (κ1) is 41.1. The molecule has 0 bridgehead atoms. The Bertz CT molecular complexity index is 1570. The second-order valence-electron chi connectivity index (χ2n) is 19.3. The summed E-state index contributed by atoms with van der Waals surface area (Å²) in [7, 11) is 0. The maximum Gasteiger partial charge on any atom is 0.182 e. The Morgan fingerprint density at radius 3 is 2.56 bits per heavy atom. The van der Waals surface area contributed by atoms with Crippen molar-refractivity contribution in [2.75, 3.05) is 13.2 Å². The third-order valence-electron chi connectivity index (χ3n) is 15.9. The molecule has 2 aliphatic heterocycles. The molecule has 0 radical (unpaired) electrons. The smallest absolute Gasteiger partial charge is 0.182 e. The molecule has 0 amide bonds. The molecular weight excluding hydrogens is 698 g/mol. The normalized spacial score (nSPS) is 45.8. The standard InChI is InChI=1S/C44H69N3O8/c1-6-7-8-9-10-29-23-55-39(25(29)3)40(52)42(5,53)33-15-16-44(54)36-35-27(18-41(33,44)4)12-11-26(28-13-14-34(45)46-22-28)19-43(35)20-32(50)31(49)17-30(43)38(51)37(36)47-21-24(2)48/h11-14,22,24-27,29-35,39-40,46-50,52-54H,6-10,15-21,23,45H2,1-5H3/t24-,25-,26-,27+,29+,30-,31+,32-,33-,34?,35-,39+,40+,41+,42+,43-,44+/m0/s1. The Kier molecular flexibility index (Phi) is 11.4. The number of carbonyl (C=O) groups is 1. The summed E-state index contributed by atoms with van der Waals surface area (Å²) in [6, 6.07) is 0. The largest absolute Gasteiger partial charge is 0.392 e. The van der Waals surface area contributed by atoms with Gasteiger partial charge in [-0.05, 0) is 111 Å². The molecule has 0 aromatic carbocycles. The molecule has 5 aliphatic carbocycles. The molecule has 7 rings (SSSR count). The molecule has 17 atom stereocenters. The van der Waals surface area contributed by atoms with E-state index >= 15 is 4.79 Å². The fourth-order valence-electron chi connectivity index (χ4n) is 13.0. The number of nitrogens with one attached hydrogen (secondary N) is 2. The van der Waals surface area contributed by atoms with Crippen LogP contribution in [0.25, 0.3) is 0 Å². The van der Waals surface area contributed by atoms with Crippen LogP contribution in [0.2, 0.25) is 0 Å². The van der Waals surface area contributed by atoms with Gasteiger partial charge in [0.05, 0.1) is 54.1 Å². The Balaban J connectivity index is 1.31. The fraction of sp³-hybridized carbons (Fsp3) is 0.795. The lowest BCUT2D eigenvalue weighted by molar-refractivity contribution is -0.201. The first-order valence-electron chi connectivity index (χ1n) is 21.4. The van der Waals surface area contributed by atoms with Gasteiger partial charge in [0.15, 0.2) is 5.78 Å². The predicted octanol–water partition coefficient (Wildman–Crippen LogP) is 3.33. The zero-order chi connectivity index (χ0) is 39.7. The number of hydrogen-bond acceptors (Lipinski definition) is 11. The summed E-state index contributed by atoms with van der Waals surface area (Å²) in [5.74, 6) is -1.72. The average Bonchev–Trinajstić information content (AvgIpc) is 3.58. The Hall–Kier alpha value is -2.09. The van der Waals surface area contributed by atoms with Gasteiger partial charge < -0.3 is 51.7 Å². The molecule has 3 saturated carbocycles. The number of carbonyl (C=O) groups excluding carboxylic acids is 1. The van der Waals surface area contributed by atoms with E-state index in [2.05, 4.69) is 36.6 Å². The van der Waals surface area contributed by atoms with Gasteiger partial charge in [-0.2, -0.15) is 0 Å². The number of ketones is 1. The van der Waals surface area contributed by atoms with Crippen molar-refractivity contribution in [1.82, 2.24) is 10.6 Å². The van der Waals surface area contributed by atoms with E-state index in [0.717, 1.165) is 18.4 Å². The molecule has 2 heterocycles. The van der Waals surface area contributed by atoms with Crippen LogP contribution >= 0.6 is 0 Å². The van der Waals surface area contributed by atoms with Crippen molar-refractivity contribution in [3.05, 3.63) is 47.3 Å². The molecule has 7 aliphatic rings. The molecule has 0 aromatic heterocycles. The monoisotopic (exact) mass is 768 g/mol. The molecule has 308 valence electrons. The first-order chi connectivity index (χ1) is 26.0. The van der Waals surface area contributed by atoms with Crippen molar-refractivity contribution in [2.45, 2.75) is 153 Å². The minimum Gasteiger partial charge on any atom is -0.392 e. The molecule has 1 saturated heterocycles. The van der Waals surface area contributed by atoms with Crippen molar-refractivity contribution in [2.24, 2.45) is 58.0 Å². The van der Waals surface area contributed by atoms with Crippen molar-refractivity contribution < 1.29 is 40.2 Å². The third-order valence-corrected chi connectivity index (χ3v) is 15.9. The van der Waals surface area contributed by atoms with E-state index in [1.165, 1.54) is 19.3 Å². The van der Waals surface area contributed by atoms with Crippen LogP contribution < -0.4 is 16.4 Å². The molecule has 1 spiro atoms. The number of aliphatic hydroxyl groups excluding tert-OH is 4. The predicted molar refractivity (Wildman–Crippen MR) is 210 cm³/mol. The minimum absolute atomic E-state index is 0.0562. The Morgan fingerprint density at radius 2 is 1.87 bits per heavy atom. The van der Waals surface area contributed by atoms with E-state index < -0.39 is 64.4 Å². The number of dihydropyridines is 1. The average molecular weight is 768 g/mol. The van der Waals surface area contributed by atoms with Gasteiger partial charge in [-0.15, -0.1) is 0 Å². The van der Waals surface area contributed by atoms with Gasteiger partial charge in [0, 0.05) is 30.0 Å². The van der Waals surface area contributed by atoms with Gasteiger partial charge in [0.2, 0.25) is 0 Å². The van der Waals surface area contributed by atoms with E-state index in [4.69, 9.17) is 10.5 Å². The number of Topliss-reactive ketones (excluding diaryl/α,β-unsaturated/α-hetero) is 1. The Morgan fingerprint density at radius 1 is 1.11 bits per heavy atom. The number of aliphatic hydroxyl groups is 6. The van der Waals surface area contributed by atoms with E-state index in [1.807, 2.05) is 25.3 Å². The van der Waals surface area contributed by atoms with Crippen molar-refractivity contribution in [3.8, 4) is 0 Å². The zero-order valence-electron chi connectivity index (χ0n) is 33.7. The van der Waals surface area contributed by atoms with Gasteiger partial charge in [-0.1, -0.05) is 64.7 Å². The summed E-state index contributed by atoms with van der Waals surface area (Å²) in [5.41, 5.74) is 3.07. The van der Waals surface area contributed by atoms with Crippen LogP contribution in [-0.4, -0.2) is 97.5 Å². The fourth-order valence-corrected chi connectivity index (χ4v) is 13.0. The SMILES string of the molecule is CCCCCC[C@@H]1CO[C@@H]([C@@H](O)[C@](C)(O)[C@H]2CC[C@@]3(O)C4=C(NC[C@H](C)O)C(=O)[C@@H]5C[C@@H](O)[C@@H](O)C[C@@]56C[C@@H](C5=CNC(N)C=C5)C=C[C@H](C[C@]23C)[C@@H]46)[C@H]1C. The number of allylic oxidation sites excluding steroid dienone is 5. The van der Waals surface area contributed by atoms with E-state index in [-0.39, 0.29) is 61.4 Å². The summed E-state index contributed by atoms with van der Waals surface area (Å²) in [6.45, 7) is 10.3. The summed E-state index contributed by atoms with van der Waals surface area (Å²) in [4.78, 5) is 15.1. The van der Waals surface area contributed by atoms with Crippen molar-refractivity contribution >= 4 is 5.78 Å². The minimum atomic E-state index is -1.63. The summed E-state index contributed by atoms with van der Waals surface area (Å²) >= 11 is 0. The zero-order valence-corrected chi connectivity index (χ0v) is 33.7. The highest BCUT2D eigenvalue weighted by Crippen LogP contribution is 2.72. The molecule has 55 heavy (non-hydrogen) atoms. The molecule has 10 N–H and O–H groups in total. The maximum absolute atomic E-state index is 15.1. The highest BCUT2D eigenvalue weighted by Gasteiger charge is 2.73. The number of rotatable bonds is 12. The van der Waals surface area contributed by atoms with Crippen molar-refractivity contribution in [1.29, 1.82) is 0 Å². The lowest BCUT2D eigenvalue weighted by Crippen LogP contribution is -2.67. The van der Waals surface area contributed by atoms with Gasteiger partial charge in [-0.25, -0.2) is 0 Å². The molecule has 11 heteroatoms. The van der Waals surface area contributed by atoms with Gasteiger partial charge in [0.1, 0.15) is 6.10 Å². The lowest BCUT2D eigenvalue weighted by Gasteiger charge is -2.64.